The third kappa shape index (κ3) is 4.35. The lowest BCUT2D eigenvalue weighted by Gasteiger charge is -2.12. The smallest absolute Gasteiger partial charge is 0.338 e. The number of imidazole rings is 1. The molecule has 0 unspecified atom stereocenters. The molecule has 0 saturated carbocycles. The Labute approximate surface area is 161 Å². The molecule has 0 bridgehead atoms. The summed E-state index contributed by atoms with van der Waals surface area (Å²) >= 11 is 6.19. The van der Waals surface area contributed by atoms with E-state index in [4.69, 9.17) is 16.3 Å². The predicted molar refractivity (Wildman–Crippen MR) is 104 cm³/mol. The molecule has 0 spiro atoms. The highest BCUT2D eigenvalue weighted by Crippen LogP contribution is 2.26. The number of H-pyrrole nitrogens is 1. The van der Waals surface area contributed by atoms with E-state index in [2.05, 4.69) is 15.3 Å². The van der Waals surface area contributed by atoms with Crippen molar-refractivity contribution in [1.29, 1.82) is 0 Å². The van der Waals surface area contributed by atoms with Crippen LogP contribution < -0.4 is 5.32 Å². The second-order valence-corrected chi connectivity index (χ2v) is 6.49. The molecule has 0 aliphatic heterocycles. The van der Waals surface area contributed by atoms with Gasteiger partial charge in [0.2, 0.25) is 0 Å². The highest BCUT2D eigenvalue weighted by molar-refractivity contribution is 6.34. The predicted octanol–water partition coefficient (Wildman–Crippen LogP) is 4.55. The summed E-state index contributed by atoms with van der Waals surface area (Å²) in [5.74, 6) is -0.257. The van der Waals surface area contributed by atoms with Crippen molar-refractivity contribution in [2.45, 2.75) is 20.0 Å². The topological polar surface area (TPSA) is 84.1 Å². The van der Waals surface area contributed by atoms with Crippen LogP contribution >= 0.6 is 11.6 Å². The Bertz CT molecular complexity index is 968. The largest absolute Gasteiger partial charge is 0.459 e. The summed E-state index contributed by atoms with van der Waals surface area (Å²) in [4.78, 5) is 32.1. The van der Waals surface area contributed by atoms with Gasteiger partial charge in [-0.3, -0.25) is 4.79 Å². The second kappa shape index (κ2) is 8.05. The number of aromatic nitrogens is 2. The lowest BCUT2D eigenvalue weighted by atomic mass is 10.1. The number of nitrogens with one attached hydrogen (secondary N) is 2. The van der Waals surface area contributed by atoms with Crippen molar-refractivity contribution < 1.29 is 14.3 Å². The lowest BCUT2D eigenvalue weighted by molar-refractivity contribution is 0.0378. The third-order valence-corrected chi connectivity index (χ3v) is 4.05. The number of hydrogen-bond donors (Lipinski definition) is 2. The van der Waals surface area contributed by atoms with Crippen molar-refractivity contribution in [3.8, 4) is 11.4 Å². The van der Waals surface area contributed by atoms with Gasteiger partial charge in [-0.25, -0.2) is 9.78 Å². The van der Waals surface area contributed by atoms with Crippen LogP contribution in [0, 0.1) is 0 Å². The van der Waals surface area contributed by atoms with E-state index in [-0.39, 0.29) is 12.0 Å². The molecule has 2 N–H and O–H groups in total. The maximum absolute atomic E-state index is 12.8. The van der Waals surface area contributed by atoms with Crippen LogP contribution in [0.3, 0.4) is 0 Å². The van der Waals surface area contributed by atoms with Gasteiger partial charge in [0, 0.05) is 18.0 Å². The molecule has 1 aromatic heterocycles. The highest BCUT2D eigenvalue weighted by atomic mass is 35.5. The van der Waals surface area contributed by atoms with Crippen molar-refractivity contribution in [2.24, 2.45) is 0 Å². The van der Waals surface area contributed by atoms with Gasteiger partial charge < -0.3 is 15.0 Å². The molecule has 138 valence electrons. The molecule has 0 atom stereocenters. The van der Waals surface area contributed by atoms with Crippen LogP contribution in [0.4, 0.5) is 5.69 Å². The molecule has 6 nitrogen and oxygen atoms in total. The molecule has 0 aliphatic rings. The Morgan fingerprint density at radius 2 is 1.96 bits per heavy atom. The number of rotatable bonds is 5. The third-order valence-electron chi connectivity index (χ3n) is 3.72. The monoisotopic (exact) mass is 383 g/mol. The number of carbonyl (C=O) groups is 2. The van der Waals surface area contributed by atoms with Crippen molar-refractivity contribution in [3.05, 3.63) is 71.0 Å². The fourth-order valence-electron chi connectivity index (χ4n) is 2.52. The molecular weight excluding hydrogens is 366 g/mol. The van der Waals surface area contributed by atoms with Gasteiger partial charge in [0.15, 0.2) is 0 Å². The second-order valence-electron chi connectivity index (χ2n) is 6.09. The summed E-state index contributed by atoms with van der Waals surface area (Å²) < 4.78 is 5.18. The van der Waals surface area contributed by atoms with Gasteiger partial charge in [0.1, 0.15) is 5.82 Å². The molecule has 1 amide bonds. The molecule has 0 radical (unpaired) electrons. The molecule has 3 rings (SSSR count). The Kier molecular flexibility index (Phi) is 5.57. The molecule has 0 aliphatic carbocycles. The van der Waals surface area contributed by atoms with Gasteiger partial charge in [-0.1, -0.05) is 29.8 Å². The summed E-state index contributed by atoms with van der Waals surface area (Å²) in [5, 5.41) is 3.08. The van der Waals surface area contributed by atoms with Gasteiger partial charge in [0.05, 0.1) is 27.9 Å². The van der Waals surface area contributed by atoms with E-state index in [0.717, 1.165) is 0 Å². The zero-order valence-corrected chi connectivity index (χ0v) is 15.6. The SMILES string of the molecule is CC(C)OC(=O)c1ccc(Cl)c(NC(=O)c2ccccc2-c2ncc[nH]2)c1. The summed E-state index contributed by atoms with van der Waals surface area (Å²) in [5.41, 5.74) is 1.72. The molecule has 0 saturated heterocycles. The van der Waals surface area contributed by atoms with E-state index < -0.39 is 5.97 Å². The highest BCUT2D eigenvalue weighted by Gasteiger charge is 2.17. The number of anilines is 1. The van der Waals surface area contributed by atoms with Gasteiger partial charge in [-0.05, 0) is 38.1 Å². The van der Waals surface area contributed by atoms with E-state index in [1.165, 1.54) is 6.07 Å². The van der Waals surface area contributed by atoms with E-state index in [0.29, 0.717) is 33.2 Å². The summed E-state index contributed by atoms with van der Waals surface area (Å²) in [7, 11) is 0. The Morgan fingerprint density at radius 3 is 2.67 bits per heavy atom. The fourth-order valence-corrected chi connectivity index (χ4v) is 2.68. The van der Waals surface area contributed by atoms with Crippen LogP contribution in [0.15, 0.2) is 54.9 Å². The summed E-state index contributed by atoms with van der Waals surface area (Å²) in [6.45, 7) is 3.53. The van der Waals surface area contributed by atoms with Crippen LogP contribution in [-0.4, -0.2) is 27.9 Å². The number of nitrogens with zero attached hydrogens (tertiary/aromatic N) is 1. The Morgan fingerprint density at radius 1 is 1.19 bits per heavy atom. The number of benzene rings is 2. The zero-order valence-electron chi connectivity index (χ0n) is 14.8. The van der Waals surface area contributed by atoms with Gasteiger partial charge in [-0.15, -0.1) is 0 Å². The average Bonchev–Trinajstić information content (AvgIpc) is 3.17. The molecule has 0 fully saturated rings. The first-order valence-electron chi connectivity index (χ1n) is 8.36. The van der Waals surface area contributed by atoms with Crippen LogP contribution in [0.5, 0.6) is 0 Å². The molecular formula is C20H18ClN3O3. The lowest BCUT2D eigenvalue weighted by Crippen LogP contribution is -2.15. The normalized spacial score (nSPS) is 10.7. The maximum Gasteiger partial charge on any atom is 0.338 e. The summed E-state index contributed by atoms with van der Waals surface area (Å²) in [6.07, 6.45) is 3.06. The minimum atomic E-state index is -0.479. The van der Waals surface area contributed by atoms with Crippen LogP contribution in [-0.2, 0) is 4.74 Å². The van der Waals surface area contributed by atoms with Gasteiger partial charge >= 0.3 is 5.97 Å². The number of amides is 1. The van der Waals surface area contributed by atoms with Gasteiger partial charge in [-0.2, -0.15) is 0 Å². The van der Waals surface area contributed by atoms with Crippen molar-refractivity contribution in [3.63, 3.8) is 0 Å². The number of carbonyl (C=O) groups excluding carboxylic acids is 2. The molecule has 2 aromatic carbocycles. The van der Waals surface area contributed by atoms with Crippen LogP contribution in [0.1, 0.15) is 34.6 Å². The van der Waals surface area contributed by atoms with Crippen LogP contribution in [0.2, 0.25) is 5.02 Å². The Hall–Kier alpha value is -3.12. The van der Waals surface area contributed by atoms with Crippen LogP contribution in [0.25, 0.3) is 11.4 Å². The van der Waals surface area contributed by atoms with E-state index in [1.807, 2.05) is 6.07 Å². The standard InChI is InChI=1S/C20H18ClN3O3/c1-12(2)27-20(26)13-7-8-16(21)17(11-13)24-19(25)15-6-4-3-5-14(15)18-22-9-10-23-18/h3-12H,1-2H3,(H,22,23)(H,24,25). The molecule has 7 heteroatoms. The fraction of sp³-hybridized carbons (Fsp3) is 0.150. The minimum Gasteiger partial charge on any atom is -0.459 e. The number of esters is 1. The number of ether oxygens (including phenoxy) is 1. The zero-order chi connectivity index (χ0) is 19.4. The first-order valence-corrected chi connectivity index (χ1v) is 8.74. The first-order chi connectivity index (χ1) is 13.0. The Balaban J connectivity index is 1.88. The molecule has 3 aromatic rings. The van der Waals surface area contributed by atoms with Crippen molar-refractivity contribution in [1.82, 2.24) is 9.97 Å². The average molecular weight is 384 g/mol. The van der Waals surface area contributed by atoms with Crippen molar-refractivity contribution in [2.75, 3.05) is 5.32 Å². The quantitative estimate of drug-likeness (QED) is 0.633. The van der Waals surface area contributed by atoms with E-state index in [1.54, 1.807) is 56.6 Å². The summed E-state index contributed by atoms with van der Waals surface area (Å²) in [6, 6.07) is 11.7. The van der Waals surface area contributed by atoms with Gasteiger partial charge in [0.25, 0.3) is 5.91 Å². The number of halogens is 1. The first kappa shape index (κ1) is 18.7. The van der Waals surface area contributed by atoms with E-state index >= 15 is 0 Å². The van der Waals surface area contributed by atoms with Crippen molar-refractivity contribution >= 4 is 29.2 Å². The van der Waals surface area contributed by atoms with E-state index in [9.17, 15) is 9.59 Å². The number of hydrogen-bond acceptors (Lipinski definition) is 4. The molecule has 27 heavy (non-hydrogen) atoms. The minimum absolute atomic E-state index is 0.244. The maximum atomic E-state index is 12.8. The number of aromatic amines is 1. The molecule has 1 heterocycles.